The predicted octanol–water partition coefficient (Wildman–Crippen LogP) is 4.12. The molecule has 0 amide bonds. The van der Waals surface area contributed by atoms with Crippen LogP contribution in [0.2, 0.25) is 0 Å². The molecule has 0 spiro atoms. The van der Waals surface area contributed by atoms with Gasteiger partial charge in [0.1, 0.15) is 122 Å². The van der Waals surface area contributed by atoms with Crippen molar-refractivity contribution in [1.29, 1.82) is 0 Å². The number of unbranched alkanes of at least 4 members (excludes halogenated alkanes) is 28. The van der Waals surface area contributed by atoms with Crippen molar-refractivity contribution in [1.82, 2.24) is 0 Å². The zero-order valence-electron chi connectivity index (χ0n) is 87.4. The Kier molecular flexibility index (Phi) is 71.8. The van der Waals surface area contributed by atoms with E-state index in [1.807, 2.05) is 0 Å². The maximum atomic E-state index is 12.3. The molecule has 14 unspecified atom stereocenters. The highest BCUT2D eigenvalue weighted by Crippen LogP contribution is 2.39. The van der Waals surface area contributed by atoms with Gasteiger partial charge in [-0.3, -0.25) is 0 Å². The summed E-state index contributed by atoms with van der Waals surface area (Å²) < 4.78 is 84.9. The topological polar surface area (TPSA) is 756 Å². The average Bonchev–Trinajstić information content (AvgIpc) is 0.768. The summed E-state index contributed by atoms with van der Waals surface area (Å²) in [7, 11) is 0. The van der Waals surface area contributed by atoms with Gasteiger partial charge in [0.25, 0.3) is 0 Å². The Morgan fingerprint density at radius 3 is 0.932 bits per heavy atom. The van der Waals surface area contributed by atoms with Gasteiger partial charge in [0.2, 0.25) is 25.2 Å². The second-order valence-electron chi connectivity index (χ2n) is 40.3. The predicted molar refractivity (Wildman–Crippen MR) is 536 cm³/mol. The molecule has 0 radical (unpaired) electrons. The van der Waals surface area contributed by atoms with E-state index in [2.05, 4.69) is 27.7 Å². The van der Waals surface area contributed by atoms with Gasteiger partial charge in [-0.1, -0.05) is 233 Å². The van der Waals surface area contributed by atoms with Crippen LogP contribution in [0.25, 0.3) is 0 Å². The first-order valence-electron chi connectivity index (χ1n) is 53.9. The molecule has 148 heavy (non-hydrogen) atoms. The van der Waals surface area contributed by atoms with E-state index >= 15 is 0 Å². The monoisotopic (exact) mass is 2170 g/mol. The number of hydrogen-bond acceptors (Lipinski definition) is 46. The molecule has 0 aliphatic carbocycles. The molecule has 874 valence electrons. The lowest BCUT2D eigenvalue weighted by molar-refractivity contribution is -0.327. The van der Waals surface area contributed by atoms with Crippen LogP contribution in [0.5, 0.6) is 0 Å². The maximum Gasteiger partial charge on any atom is 0.218 e. The summed E-state index contributed by atoms with van der Waals surface area (Å²) >= 11 is 0.904. The van der Waals surface area contributed by atoms with Crippen LogP contribution in [-0.2, 0) is 66.3 Å². The molecule has 0 bridgehead atoms. The number of aliphatic hydroxyl groups is 31. The quantitative estimate of drug-likeness (QED) is 0.0231. The summed E-state index contributed by atoms with van der Waals surface area (Å²) in [5, 5.41) is 343. The number of aliphatic hydroxyl groups excluding tert-OH is 31. The Balaban J connectivity index is 2.18. The lowest BCUT2D eigenvalue weighted by Crippen LogP contribution is -2.61. The average molecular weight is 2170 g/mol. The van der Waals surface area contributed by atoms with Gasteiger partial charge in [0.05, 0.1) is 72.2 Å². The van der Waals surface area contributed by atoms with E-state index in [4.69, 9.17) is 66.3 Å². The van der Waals surface area contributed by atoms with Crippen LogP contribution in [0, 0.1) is 22.7 Å². The summed E-state index contributed by atoms with van der Waals surface area (Å²) in [5.74, 6) is -10.4. The molecule has 45 nitrogen and oxygen atoms in total. The SMILES string of the molecule is CCCCCCCCCCC(CCCCCCCCCC)COCC(CO[C@@H]1OC(CO)[C@@H](O[C@@H](O)/C(O)=C(\O)[C@H](O)CCO)C(O)C1O)(CO[C@H](O)/C(O)=C(/O)[C@@H](CCO)O[C@H]1OC(CO)[C@@H](O)C(O)C1O)CSCC(COCC(CCCCCCCCCC)CCCCCCCCCC)(CO[C@H](O)/C(O)=C\[C@@H](CCO)O[C@H]1OC(CO)[C@@H](O)C(O)C1O)CO[C@H](O)/C(O)=C(\O)[C@@H](CCO)O[C@H]1OC(CO)[C@@H](O)C(O)C1O. The van der Waals surface area contributed by atoms with Crippen molar-refractivity contribution >= 4 is 11.8 Å². The first-order chi connectivity index (χ1) is 71.0. The van der Waals surface area contributed by atoms with E-state index in [0.29, 0.717) is 25.7 Å². The van der Waals surface area contributed by atoms with Crippen molar-refractivity contribution in [2.75, 3.05) is 117 Å². The van der Waals surface area contributed by atoms with Gasteiger partial charge in [0.15, 0.2) is 59.7 Å². The molecule has 46 heteroatoms. The van der Waals surface area contributed by atoms with Gasteiger partial charge in [-0.25, -0.2) is 0 Å². The fraction of sp³-hybridized carbons (Fsp3) is 0.922. The third-order valence-corrected chi connectivity index (χ3v) is 29.2. The Hall–Kier alpha value is -3.61. The molecule has 4 fully saturated rings. The van der Waals surface area contributed by atoms with E-state index in [1.54, 1.807) is 0 Å². The van der Waals surface area contributed by atoms with E-state index in [0.717, 1.165) is 223 Å². The van der Waals surface area contributed by atoms with Crippen LogP contribution in [0.3, 0.4) is 0 Å². The van der Waals surface area contributed by atoms with Gasteiger partial charge in [-0.15, -0.1) is 0 Å². The molecule has 4 aliphatic heterocycles. The minimum atomic E-state index is -2.68. The Labute approximate surface area is 875 Å². The lowest BCUT2D eigenvalue weighted by atomic mass is 9.92. The first kappa shape index (κ1) is 137. The molecular formula is C102H190O45S. The van der Waals surface area contributed by atoms with Crippen LogP contribution in [0.15, 0.2) is 46.4 Å². The van der Waals surface area contributed by atoms with Crippen LogP contribution in [0.1, 0.15) is 285 Å². The van der Waals surface area contributed by atoms with Crippen molar-refractivity contribution < 1.29 is 225 Å². The minimum Gasteiger partial charge on any atom is -0.507 e. The molecule has 0 saturated carbocycles. The van der Waals surface area contributed by atoms with E-state index in [-0.39, 0.29) is 25.0 Å². The second kappa shape index (κ2) is 77.7. The summed E-state index contributed by atoms with van der Waals surface area (Å²) in [4.78, 5) is 0. The van der Waals surface area contributed by atoms with Crippen LogP contribution in [-0.4, -0.2) is 448 Å². The third-order valence-electron chi connectivity index (χ3n) is 27.6. The number of thioether (sulfide) groups is 1. The molecule has 31 N–H and O–H groups in total. The molecular weight excluding hydrogens is 1980 g/mol. The van der Waals surface area contributed by atoms with Crippen LogP contribution >= 0.6 is 11.8 Å². The summed E-state index contributed by atoms with van der Waals surface area (Å²) in [6.45, 7) is -3.16. The zero-order chi connectivity index (χ0) is 110. The maximum absolute atomic E-state index is 12.3. The minimum absolute atomic E-state index is 0.00371. The first-order valence-corrected chi connectivity index (χ1v) is 55.1. The molecule has 0 aromatic carbocycles. The summed E-state index contributed by atoms with van der Waals surface area (Å²) in [6, 6.07) is 0. The molecule has 4 saturated heterocycles. The van der Waals surface area contributed by atoms with Gasteiger partial charge < -0.3 is 225 Å². The van der Waals surface area contributed by atoms with E-state index < -0.39 is 353 Å². The molecule has 4 aliphatic rings. The fourth-order valence-electron chi connectivity index (χ4n) is 18.1. The van der Waals surface area contributed by atoms with Crippen LogP contribution < -0.4 is 0 Å². The molecule has 4 heterocycles. The van der Waals surface area contributed by atoms with E-state index in [9.17, 15) is 158 Å². The molecule has 4 rings (SSSR count). The van der Waals surface area contributed by atoms with Gasteiger partial charge in [0, 0.05) is 87.7 Å². The largest absolute Gasteiger partial charge is 0.507 e. The Morgan fingerprint density at radius 2 is 0.595 bits per heavy atom. The molecule has 0 aromatic rings. The summed E-state index contributed by atoms with van der Waals surface area (Å²) in [6.07, 6.45) is -23.7. The molecule has 0 aromatic heterocycles. The number of hydrogen-bond donors (Lipinski definition) is 31. The van der Waals surface area contributed by atoms with Crippen molar-refractivity contribution in [2.45, 2.75) is 457 Å². The van der Waals surface area contributed by atoms with Gasteiger partial charge in [-0.2, -0.15) is 11.8 Å². The molecule has 30 atom stereocenters. The number of ether oxygens (including phenoxy) is 14. The normalized spacial score (nSPS) is 27.9. The third kappa shape index (κ3) is 48.4. The summed E-state index contributed by atoms with van der Waals surface area (Å²) in [5.41, 5.74) is -3.95. The highest BCUT2D eigenvalue weighted by atomic mass is 32.2. The van der Waals surface area contributed by atoms with Crippen LogP contribution in [0.4, 0.5) is 0 Å². The van der Waals surface area contributed by atoms with Crippen molar-refractivity contribution in [3.05, 3.63) is 46.4 Å². The van der Waals surface area contributed by atoms with Gasteiger partial charge in [-0.05, 0) is 43.6 Å². The Morgan fingerprint density at radius 1 is 0.291 bits per heavy atom. The lowest BCUT2D eigenvalue weighted by Gasteiger charge is -2.43. The second-order valence-corrected chi connectivity index (χ2v) is 41.2. The highest BCUT2D eigenvalue weighted by Gasteiger charge is 2.52. The zero-order valence-corrected chi connectivity index (χ0v) is 88.2. The smallest absolute Gasteiger partial charge is 0.218 e. The van der Waals surface area contributed by atoms with Crippen molar-refractivity contribution in [3.8, 4) is 0 Å². The van der Waals surface area contributed by atoms with E-state index in [1.165, 1.54) is 0 Å². The number of rotatable bonds is 88. The van der Waals surface area contributed by atoms with Crippen molar-refractivity contribution in [3.63, 3.8) is 0 Å². The highest BCUT2D eigenvalue weighted by molar-refractivity contribution is 7.99. The van der Waals surface area contributed by atoms with Crippen molar-refractivity contribution in [2.24, 2.45) is 22.7 Å². The Bertz CT molecular complexity index is 3410. The fourth-order valence-corrected chi connectivity index (χ4v) is 19.6. The van der Waals surface area contributed by atoms with Gasteiger partial charge >= 0.3 is 0 Å². The standard InChI is InChI=1S/C102H190O45S/c1-5-9-13-17-21-25-29-33-37-64(38-34-30-26-22-18-14-10-6-2)54-134-56-101(58-136-93(130)68(112)49-66(41-45-103)140-98-88(126)81(119)78(116)71(50-107)143-98,59-137-94(131)86(124)76(114)69(43-47-105)141-99-89(127)82(120)79(117)72(51-108)144-99)62-148-63-102(57-135-55-65(39-35-31-27-23-19-15-11-7-3)40-36-32-28-24-20-16-12-8-4,60-138-95(132)87(125)77(115)70(44-48-106)142-100-90(128)83(121)80(118)73(52-109)145-100)61-139-97-91(129)84(122)92(74(53-110)146-97)147-96(133)85(123)75(113)67(111)42-46-104/h49,64-67,69-74,78-84,88-100,103-133H,5-48,50-63H2,1-4H3/b68-49+,85-75+,86-76+,87-77-/t66-,67-,69-,70-,71?,72?,73?,74?,78-,79-,80-,81?,82?,83?,84?,88?,89?,90?,91?,92-,93+,94+,95+,96-,97-,98+,99+,100+,101?,102?/m1/s1.